The summed E-state index contributed by atoms with van der Waals surface area (Å²) in [6.07, 6.45) is 2.34. The normalized spacial score (nSPS) is 23.3. The second-order valence-corrected chi connectivity index (χ2v) is 5.62. The Kier molecular flexibility index (Phi) is 6.82. The lowest BCUT2D eigenvalue weighted by Crippen LogP contribution is -2.42. The maximum atomic E-state index is 11.7. The highest BCUT2D eigenvalue weighted by atomic mass is 16.5. The average Bonchev–Trinajstić information content (AvgIpc) is 2.85. The second-order valence-electron chi connectivity index (χ2n) is 5.62. The van der Waals surface area contributed by atoms with Gasteiger partial charge in [-0.3, -0.25) is 9.79 Å². The summed E-state index contributed by atoms with van der Waals surface area (Å²) in [7, 11) is 3.25. The number of hydrogen-bond acceptors (Lipinski definition) is 3. The van der Waals surface area contributed by atoms with Crippen molar-refractivity contribution in [2.24, 2.45) is 22.7 Å². The lowest BCUT2D eigenvalue weighted by molar-refractivity contribution is -0.145. The molecule has 0 spiro atoms. The number of nitrogens with zero attached hydrogens (tertiary/aromatic N) is 2. The topological polar surface area (TPSA) is 53.9 Å². The molecule has 1 rings (SSSR count). The van der Waals surface area contributed by atoms with Gasteiger partial charge in [0.15, 0.2) is 5.96 Å². The third-order valence-corrected chi connectivity index (χ3v) is 4.33. The molecule has 0 aliphatic carbocycles. The van der Waals surface area contributed by atoms with Crippen molar-refractivity contribution in [1.82, 2.24) is 10.2 Å². The van der Waals surface area contributed by atoms with Crippen molar-refractivity contribution in [2.45, 2.75) is 33.6 Å². The molecule has 1 fully saturated rings. The second kappa shape index (κ2) is 8.12. The molecule has 1 heterocycles. The minimum atomic E-state index is -0.115. The van der Waals surface area contributed by atoms with E-state index in [0.29, 0.717) is 18.4 Å². The zero-order valence-electron chi connectivity index (χ0n) is 13.5. The number of hydrogen-bond donors (Lipinski definition) is 1. The molecule has 0 aromatic carbocycles. The lowest BCUT2D eigenvalue weighted by atomic mass is 9.99. The summed E-state index contributed by atoms with van der Waals surface area (Å²) in [5, 5.41) is 3.44. The van der Waals surface area contributed by atoms with E-state index in [0.717, 1.165) is 19.0 Å². The Bertz CT molecular complexity index is 340. The van der Waals surface area contributed by atoms with Gasteiger partial charge in [-0.25, -0.2) is 0 Å². The number of carbonyl (C=O) groups is 1. The van der Waals surface area contributed by atoms with E-state index in [1.54, 1.807) is 7.05 Å². The van der Waals surface area contributed by atoms with E-state index in [4.69, 9.17) is 4.74 Å². The van der Waals surface area contributed by atoms with Gasteiger partial charge in [0.2, 0.25) is 0 Å². The molecule has 0 amide bonds. The zero-order chi connectivity index (χ0) is 15.1. The number of likely N-dealkylation sites (tertiary alicyclic amines) is 1. The van der Waals surface area contributed by atoms with Gasteiger partial charge in [0, 0.05) is 26.7 Å². The Balaban J connectivity index is 2.58. The van der Waals surface area contributed by atoms with Crippen LogP contribution < -0.4 is 5.32 Å². The number of methoxy groups -OCH3 is 1. The minimum Gasteiger partial charge on any atom is -0.469 e. The van der Waals surface area contributed by atoms with Gasteiger partial charge in [-0.05, 0) is 11.8 Å². The summed E-state index contributed by atoms with van der Waals surface area (Å²) < 4.78 is 4.87. The molecule has 2 unspecified atom stereocenters. The molecular weight excluding hydrogens is 254 g/mol. The summed E-state index contributed by atoms with van der Waals surface area (Å²) in [6.45, 7) is 9.00. The summed E-state index contributed by atoms with van der Waals surface area (Å²) in [5.41, 5.74) is 0. The fourth-order valence-electron chi connectivity index (χ4n) is 2.74. The van der Waals surface area contributed by atoms with Crippen molar-refractivity contribution >= 4 is 11.9 Å². The van der Waals surface area contributed by atoms with Crippen molar-refractivity contribution in [2.75, 3.05) is 33.8 Å². The molecule has 0 bridgehead atoms. The first kappa shape index (κ1) is 16.8. The van der Waals surface area contributed by atoms with Crippen LogP contribution >= 0.6 is 0 Å². The molecule has 2 atom stereocenters. The lowest BCUT2D eigenvalue weighted by Gasteiger charge is -2.23. The van der Waals surface area contributed by atoms with Crippen LogP contribution in [0.15, 0.2) is 4.99 Å². The predicted molar refractivity (Wildman–Crippen MR) is 81.7 cm³/mol. The smallest absolute Gasteiger partial charge is 0.310 e. The van der Waals surface area contributed by atoms with Crippen molar-refractivity contribution in [3.8, 4) is 0 Å². The van der Waals surface area contributed by atoms with Crippen molar-refractivity contribution in [1.29, 1.82) is 0 Å². The van der Waals surface area contributed by atoms with E-state index in [-0.39, 0.29) is 11.9 Å². The van der Waals surface area contributed by atoms with E-state index in [1.165, 1.54) is 20.0 Å². The molecule has 1 aliphatic rings. The van der Waals surface area contributed by atoms with E-state index < -0.39 is 0 Å². The molecule has 1 N–H and O–H groups in total. The summed E-state index contributed by atoms with van der Waals surface area (Å²) in [4.78, 5) is 18.2. The highest BCUT2D eigenvalue weighted by Gasteiger charge is 2.36. The quantitative estimate of drug-likeness (QED) is 0.474. The van der Waals surface area contributed by atoms with Crippen LogP contribution in [0.3, 0.4) is 0 Å². The maximum absolute atomic E-state index is 11.7. The largest absolute Gasteiger partial charge is 0.469 e. The first-order chi connectivity index (χ1) is 9.57. The Morgan fingerprint density at radius 3 is 2.55 bits per heavy atom. The standard InChI is InChI=1S/C15H29N3O2/c1-6-12(7-2)8-17-15(16-4)18-9-11(3)13(10-18)14(19)20-5/h11-13H,6-10H2,1-5H3,(H,16,17). The number of esters is 1. The van der Waals surface area contributed by atoms with Crippen LogP contribution in [0.4, 0.5) is 0 Å². The van der Waals surface area contributed by atoms with Crippen molar-refractivity contribution < 1.29 is 9.53 Å². The monoisotopic (exact) mass is 283 g/mol. The average molecular weight is 283 g/mol. The molecule has 0 aromatic rings. The van der Waals surface area contributed by atoms with Gasteiger partial charge in [-0.1, -0.05) is 33.6 Å². The van der Waals surface area contributed by atoms with Gasteiger partial charge in [0.1, 0.15) is 0 Å². The van der Waals surface area contributed by atoms with Gasteiger partial charge in [0.25, 0.3) is 0 Å². The Hall–Kier alpha value is -1.26. The van der Waals surface area contributed by atoms with Crippen LogP contribution in [-0.4, -0.2) is 50.6 Å². The van der Waals surface area contributed by atoms with Crippen molar-refractivity contribution in [3.05, 3.63) is 0 Å². The van der Waals surface area contributed by atoms with E-state index in [2.05, 4.69) is 36.0 Å². The maximum Gasteiger partial charge on any atom is 0.310 e. The Labute approximate surface area is 122 Å². The Morgan fingerprint density at radius 2 is 2.05 bits per heavy atom. The number of nitrogens with one attached hydrogen (secondary N) is 1. The number of aliphatic imine (C=N–C) groups is 1. The molecule has 20 heavy (non-hydrogen) atoms. The molecule has 5 nitrogen and oxygen atoms in total. The molecule has 5 heteroatoms. The minimum absolute atomic E-state index is 0.0494. The van der Waals surface area contributed by atoms with E-state index >= 15 is 0 Å². The number of ether oxygens (including phenoxy) is 1. The fourth-order valence-corrected chi connectivity index (χ4v) is 2.74. The van der Waals surface area contributed by atoms with Crippen LogP contribution in [-0.2, 0) is 9.53 Å². The number of guanidine groups is 1. The van der Waals surface area contributed by atoms with Crippen LogP contribution in [0.1, 0.15) is 33.6 Å². The number of carbonyl (C=O) groups excluding carboxylic acids is 1. The summed E-state index contributed by atoms with van der Waals surface area (Å²) >= 11 is 0. The van der Waals surface area contributed by atoms with E-state index in [9.17, 15) is 4.79 Å². The molecule has 1 aliphatic heterocycles. The predicted octanol–water partition coefficient (Wildman–Crippen LogP) is 1.74. The Morgan fingerprint density at radius 1 is 1.40 bits per heavy atom. The first-order valence-corrected chi connectivity index (χ1v) is 7.60. The summed E-state index contributed by atoms with van der Waals surface area (Å²) in [5.74, 6) is 1.70. The van der Waals surface area contributed by atoms with Gasteiger partial charge in [0.05, 0.1) is 13.0 Å². The zero-order valence-corrected chi connectivity index (χ0v) is 13.5. The third-order valence-electron chi connectivity index (χ3n) is 4.33. The molecule has 0 radical (unpaired) electrons. The van der Waals surface area contributed by atoms with Crippen LogP contribution in [0.2, 0.25) is 0 Å². The van der Waals surface area contributed by atoms with Crippen LogP contribution in [0.25, 0.3) is 0 Å². The highest BCUT2D eigenvalue weighted by molar-refractivity contribution is 5.82. The van der Waals surface area contributed by atoms with Crippen LogP contribution in [0, 0.1) is 17.8 Å². The molecule has 0 aromatic heterocycles. The van der Waals surface area contributed by atoms with Gasteiger partial charge in [-0.15, -0.1) is 0 Å². The van der Waals surface area contributed by atoms with Gasteiger partial charge in [-0.2, -0.15) is 0 Å². The van der Waals surface area contributed by atoms with Gasteiger partial charge >= 0.3 is 5.97 Å². The molecule has 116 valence electrons. The van der Waals surface area contributed by atoms with E-state index in [1.807, 2.05) is 0 Å². The molecular formula is C15H29N3O2. The highest BCUT2D eigenvalue weighted by Crippen LogP contribution is 2.24. The van der Waals surface area contributed by atoms with Crippen molar-refractivity contribution in [3.63, 3.8) is 0 Å². The summed E-state index contributed by atoms with van der Waals surface area (Å²) in [6, 6.07) is 0. The molecule has 0 saturated carbocycles. The number of rotatable bonds is 5. The van der Waals surface area contributed by atoms with Gasteiger partial charge < -0.3 is 15.0 Å². The molecule has 1 saturated heterocycles. The SMILES string of the molecule is CCC(CC)CNC(=NC)N1CC(C)C(C(=O)OC)C1. The fraction of sp³-hybridized carbons (Fsp3) is 0.867. The first-order valence-electron chi connectivity index (χ1n) is 7.60. The van der Waals surface area contributed by atoms with Crippen LogP contribution in [0.5, 0.6) is 0 Å². The third kappa shape index (κ3) is 4.12.